The first-order chi connectivity index (χ1) is 15.0. The van der Waals surface area contributed by atoms with Gasteiger partial charge in [0.1, 0.15) is 0 Å². The van der Waals surface area contributed by atoms with E-state index < -0.39 is 17.7 Å². The molecule has 164 valence electrons. The zero-order valence-electron chi connectivity index (χ0n) is 17.9. The van der Waals surface area contributed by atoms with E-state index in [-0.39, 0.29) is 0 Å². The van der Waals surface area contributed by atoms with Crippen molar-refractivity contribution in [3.05, 3.63) is 60.2 Å². The molecule has 2 heterocycles. The Balaban J connectivity index is 1.51. The van der Waals surface area contributed by atoms with E-state index in [2.05, 4.69) is 22.5 Å². The molecule has 0 unspecified atom stereocenters. The van der Waals surface area contributed by atoms with Crippen LogP contribution in [0.5, 0.6) is 0 Å². The van der Waals surface area contributed by atoms with Crippen LogP contribution in [0.25, 0.3) is 0 Å². The van der Waals surface area contributed by atoms with E-state index >= 15 is 0 Å². The number of hydrogen-bond donors (Lipinski definition) is 3. The van der Waals surface area contributed by atoms with Crippen molar-refractivity contribution >= 4 is 23.3 Å². The van der Waals surface area contributed by atoms with Gasteiger partial charge in [-0.1, -0.05) is 43.3 Å². The van der Waals surface area contributed by atoms with Gasteiger partial charge in [-0.3, -0.25) is 9.69 Å². The summed E-state index contributed by atoms with van der Waals surface area (Å²) in [4.78, 5) is 29.8. The minimum absolute atomic E-state index is 0.348. The number of hydrogen-bond acceptors (Lipinski definition) is 4. The number of benzene rings is 2. The van der Waals surface area contributed by atoms with Gasteiger partial charge >= 0.3 is 6.03 Å². The van der Waals surface area contributed by atoms with Crippen LogP contribution >= 0.6 is 0 Å². The number of urea groups is 1. The number of carbonyl (C=O) groups is 2. The SMILES string of the molecule is CC1CCN(CCCNC(=O)[C@]2(O)c3ccccc3NC(=O)N2c2ccccc2)CC1. The molecule has 2 aromatic rings. The predicted molar refractivity (Wildman–Crippen MR) is 121 cm³/mol. The first-order valence-electron chi connectivity index (χ1n) is 11.0. The normalized spacial score (nSPS) is 22.0. The lowest BCUT2D eigenvalue weighted by atomic mass is 9.94. The minimum atomic E-state index is -2.14. The third-order valence-corrected chi connectivity index (χ3v) is 6.21. The molecule has 0 bridgehead atoms. The van der Waals surface area contributed by atoms with Crippen LogP contribution in [0.15, 0.2) is 54.6 Å². The lowest BCUT2D eigenvalue weighted by Crippen LogP contribution is -2.62. The zero-order chi connectivity index (χ0) is 21.8. The first kappa shape index (κ1) is 21.3. The van der Waals surface area contributed by atoms with Gasteiger partial charge in [-0.25, -0.2) is 4.79 Å². The zero-order valence-corrected chi connectivity index (χ0v) is 17.9. The number of rotatable bonds is 6. The topological polar surface area (TPSA) is 84.9 Å². The fourth-order valence-corrected chi connectivity index (χ4v) is 4.35. The molecule has 1 fully saturated rings. The van der Waals surface area contributed by atoms with Gasteiger partial charge < -0.3 is 20.6 Å². The molecule has 7 nitrogen and oxygen atoms in total. The molecule has 1 saturated heterocycles. The number of piperidine rings is 1. The molecule has 0 spiro atoms. The van der Waals surface area contributed by atoms with E-state index in [1.165, 1.54) is 12.8 Å². The smallest absolute Gasteiger partial charge is 0.329 e. The number of anilines is 2. The van der Waals surface area contributed by atoms with E-state index in [4.69, 9.17) is 0 Å². The molecule has 0 aromatic heterocycles. The number of likely N-dealkylation sites (tertiary alicyclic amines) is 1. The second-order valence-electron chi connectivity index (χ2n) is 8.45. The van der Waals surface area contributed by atoms with Crippen molar-refractivity contribution in [2.75, 3.05) is 36.4 Å². The molecular weight excluding hydrogens is 392 g/mol. The molecule has 1 atom stereocenters. The van der Waals surface area contributed by atoms with Crippen molar-refractivity contribution in [3.8, 4) is 0 Å². The van der Waals surface area contributed by atoms with Crippen molar-refractivity contribution < 1.29 is 14.7 Å². The van der Waals surface area contributed by atoms with E-state index in [9.17, 15) is 14.7 Å². The molecule has 31 heavy (non-hydrogen) atoms. The lowest BCUT2D eigenvalue weighted by molar-refractivity contribution is -0.140. The largest absolute Gasteiger partial charge is 0.359 e. The van der Waals surface area contributed by atoms with Gasteiger partial charge in [0.2, 0.25) is 0 Å². The molecule has 4 rings (SSSR count). The molecule has 2 aromatic carbocycles. The lowest BCUT2D eigenvalue weighted by Gasteiger charge is -2.42. The van der Waals surface area contributed by atoms with Gasteiger partial charge in [0, 0.05) is 17.8 Å². The predicted octanol–water partition coefficient (Wildman–Crippen LogP) is 3.12. The standard InChI is InChI=1S/C24H30N4O3/c1-18-12-16-27(17-13-18)15-7-14-25-22(29)24(31)20-10-5-6-11-21(20)26-23(30)28(24)19-8-3-2-4-9-19/h2-6,8-11,18,31H,7,12-17H2,1H3,(H,25,29)(H,26,30)/t24-/m1/s1. The van der Waals surface area contributed by atoms with Gasteiger partial charge in [-0.15, -0.1) is 0 Å². The highest BCUT2D eigenvalue weighted by Gasteiger charge is 2.51. The second kappa shape index (κ2) is 9.08. The molecule has 0 saturated carbocycles. The van der Waals surface area contributed by atoms with E-state index in [0.717, 1.165) is 36.9 Å². The first-order valence-corrected chi connectivity index (χ1v) is 11.0. The Kier molecular flexibility index (Phi) is 6.25. The molecule has 0 aliphatic carbocycles. The fraction of sp³-hybridized carbons (Fsp3) is 0.417. The number of carbonyl (C=O) groups excluding carboxylic acids is 2. The van der Waals surface area contributed by atoms with E-state index in [1.807, 2.05) is 6.07 Å². The average Bonchev–Trinajstić information content (AvgIpc) is 2.78. The molecule has 7 heteroatoms. The highest BCUT2D eigenvalue weighted by atomic mass is 16.3. The maximum absolute atomic E-state index is 13.3. The number of nitrogens with one attached hydrogen (secondary N) is 2. The highest BCUT2D eigenvalue weighted by molar-refractivity contribution is 6.11. The number of amides is 3. The average molecular weight is 423 g/mol. The summed E-state index contributed by atoms with van der Waals surface area (Å²) in [6, 6.07) is 15.0. The van der Waals surface area contributed by atoms with Gasteiger partial charge in [0.05, 0.1) is 5.69 Å². The van der Waals surface area contributed by atoms with Crippen molar-refractivity contribution in [3.63, 3.8) is 0 Å². The summed E-state index contributed by atoms with van der Waals surface area (Å²) in [5, 5.41) is 17.3. The summed E-state index contributed by atoms with van der Waals surface area (Å²) in [7, 11) is 0. The van der Waals surface area contributed by atoms with Crippen LogP contribution in [0, 0.1) is 5.92 Å². The molecular formula is C24H30N4O3. The van der Waals surface area contributed by atoms with Crippen LogP contribution in [0.3, 0.4) is 0 Å². The highest BCUT2D eigenvalue weighted by Crippen LogP contribution is 2.39. The number of para-hydroxylation sites is 2. The van der Waals surface area contributed by atoms with Crippen LogP contribution in [-0.4, -0.2) is 48.1 Å². The maximum Gasteiger partial charge on any atom is 0.329 e. The molecule has 3 N–H and O–H groups in total. The van der Waals surface area contributed by atoms with Crippen LogP contribution in [-0.2, 0) is 10.5 Å². The van der Waals surface area contributed by atoms with E-state index in [1.54, 1.807) is 48.5 Å². The molecule has 2 aliphatic rings. The second-order valence-corrected chi connectivity index (χ2v) is 8.45. The third kappa shape index (κ3) is 4.29. The Morgan fingerprint density at radius 2 is 1.81 bits per heavy atom. The molecule has 2 aliphatic heterocycles. The Bertz CT molecular complexity index is 927. The Hall–Kier alpha value is -2.90. The van der Waals surface area contributed by atoms with Gasteiger partial charge in [0.25, 0.3) is 11.6 Å². The Labute approximate surface area is 183 Å². The fourth-order valence-electron chi connectivity index (χ4n) is 4.35. The van der Waals surface area contributed by atoms with Crippen molar-refractivity contribution in [2.45, 2.75) is 31.9 Å². The van der Waals surface area contributed by atoms with Crippen molar-refractivity contribution in [1.82, 2.24) is 10.2 Å². The molecule has 3 amide bonds. The van der Waals surface area contributed by atoms with E-state index in [0.29, 0.717) is 23.5 Å². The van der Waals surface area contributed by atoms with Crippen LogP contribution in [0.2, 0.25) is 0 Å². The summed E-state index contributed by atoms with van der Waals surface area (Å²) in [6.07, 6.45) is 3.21. The van der Waals surface area contributed by atoms with Crippen molar-refractivity contribution in [2.24, 2.45) is 5.92 Å². The summed E-state index contributed by atoms with van der Waals surface area (Å²) in [5.74, 6) is 0.178. The Morgan fingerprint density at radius 3 is 2.55 bits per heavy atom. The van der Waals surface area contributed by atoms with Crippen LogP contribution < -0.4 is 15.5 Å². The summed E-state index contributed by atoms with van der Waals surface area (Å²) >= 11 is 0. The summed E-state index contributed by atoms with van der Waals surface area (Å²) in [5.41, 5.74) is -0.920. The van der Waals surface area contributed by atoms with Crippen LogP contribution in [0.4, 0.5) is 16.2 Å². The number of fused-ring (bicyclic) bond motifs is 1. The quantitative estimate of drug-likeness (QED) is 0.625. The number of aliphatic hydroxyl groups is 1. The van der Waals surface area contributed by atoms with Gasteiger partial charge in [-0.05, 0) is 63.0 Å². The number of nitrogens with zero attached hydrogens (tertiary/aromatic N) is 2. The Morgan fingerprint density at radius 1 is 1.13 bits per heavy atom. The summed E-state index contributed by atoms with van der Waals surface area (Å²) < 4.78 is 0. The minimum Gasteiger partial charge on any atom is -0.359 e. The van der Waals surface area contributed by atoms with Crippen molar-refractivity contribution in [1.29, 1.82) is 0 Å². The van der Waals surface area contributed by atoms with Gasteiger partial charge in [-0.2, -0.15) is 0 Å². The monoisotopic (exact) mass is 422 g/mol. The maximum atomic E-state index is 13.3. The third-order valence-electron chi connectivity index (χ3n) is 6.21. The molecule has 0 radical (unpaired) electrons. The van der Waals surface area contributed by atoms with Gasteiger partial charge in [0.15, 0.2) is 0 Å². The summed E-state index contributed by atoms with van der Waals surface area (Å²) in [6.45, 7) is 5.81. The van der Waals surface area contributed by atoms with Crippen LogP contribution in [0.1, 0.15) is 31.7 Å².